The fourth-order valence-electron chi connectivity index (χ4n) is 3.14. The first-order valence-electron chi connectivity index (χ1n) is 8.16. The summed E-state index contributed by atoms with van der Waals surface area (Å²) in [5, 5.41) is 2.49. The molecule has 0 spiro atoms. The Balaban J connectivity index is 1.72. The number of hydrogen-bond acceptors (Lipinski definition) is 0. The van der Waals surface area contributed by atoms with Crippen LogP contribution in [0, 0.1) is 0 Å². The standard InChI is InChI=1S/C24H18/c1-18(23-13-7-11-22-10-5-6-12-24(22)23)19-14-16-21(17-15-19)20-8-3-2-4-9-20/h2-17H,1H2. The zero-order valence-corrected chi connectivity index (χ0v) is 13.4. The van der Waals surface area contributed by atoms with E-state index >= 15 is 0 Å². The van der Waals surface area contributed by atoms with E-state index in [0.717, 1.165) is 11.1 Å². The minimum atomic E-state index is 1.06. The zero-order valence-electron chi connectivity index (χ0n) is 13.4. The molecule has 0 aliphatic rings. The van der Waals surface area contributed by atoms with Crippen LogP contribution in [0.4, 0.5) is 0 Å². The van der Waals surface area contributed by atoms with E-state index in [0.29, 0.717) is 0 Å². The van der Waals surface area contributed by atoms with Gasteiger partial charge in [-0.2, -0.15) is 0 Å². The summed E-state index contributed by atoms with van der Waals surface area (Å²) in [6, 6.07) is 33.9. The highest BCUT2D eigenvalue weighted by Gasteiger charge is 2.07. The minimum Gasteiger partial charge on any atom is -0.0905 e. The van der Waals surface area contributed by atoms with Gasteiger partial charge in [0, 0.05) is 0 Å². The van der Waals surface area contributed by atoms with E-state index in [1.165, 1.54) is 27.5 Å². The van der Waals surface area contributed by atoms with Gasteiger partial charge >= 0.3 is 0 Å². The molecule has 0 bridgehead atoms. The van der Waals surface area contributed by atoms with E-state index in [9.17, 15) is 0 Å². The normalized spacial score (nSPS) is 10.7. The van der Waals surface area contributed by atoms with Crippen molar-refractivity contribution in [3.63, 3.8) is 0 Å². The molecule has 0 N–H and O–H groups in total. The van der Waals surface area contributed by atoms with Crippen molar-refractivity contribution in [3.05, 3.63) is 115 Å². The van der Waals surface area contributed by atoms with Crippen LogP contribution in [0.1, 0.15) is 11.1 Å². The van der Waals surface area contributed by atoms with Gasteiger partial charge in [-0.05, 0) is 38.6 Å². The molecule has 0 aliphatic heterocycles. The summed E-state index contributed by atoms with van der Waals surface area (Å²) in [7, 11) is 0. The third-order valence-electron chi connectivity index (χ3n) is 4.46. The van der Waals surface area contributed by atoms with Crippen LogP contribution < -0.4 is 0 Å². The van der Waals surface area contributed by atoms with Crippen molar-refractivity contribution >= 4 is 16.3 Å². The minimum absolute atomic E-state index is 1.06. The average molecular weight is 306 g/mol. The molecule has 0 aromatic heterocycles. The van der Waals surface area contributed by atoms with Gasteiger partial charge in [0.2, 0.25) is 0 Å². The van der Waals surface area contributed by atoms with Crippen molar-refractivity contribution in [3.8, 4) is 11.1 Å². The van der Waals surface area contributed by atoms with Gasteiger partial charge in [0.05, 0.1) is 0 Å². The Morgan fingerprint density at radius 2 is 1.17 bits per heavy atom. The van der Waals surface area contributed by atoms with Crippen LogP contribution in [-0.2, 0) is 0 Å². The van der Waals surface area contributed by atoms with Gasteiger partial charge in [0.15, 0.2) is 0 Å². The maximum atomic E-state index is 4.35. The van der Waals surface area contributed by atoms with Crippen LogP contribution in [-0.4, -0.2) is 0 Å². The van der Waals surface area contributed by atoms with E-state index in [4.69, 9.17) is 0 Å². The van der Waals surface area contributed by atoms with Crippen molar-refractivity contribution in [2.45, 2.75) is 0 Å². The Labute approximate surface area is 142 Å². The van der Waals surface area contributed by atoms with Gasteiger partial charge < -0.3 is 0 Å². The van der Waals surface area contributed by atoms with Crippen LogP contribution in [0.15, 0.2) is 104 Å². The van der Waals surface area contributed by atoms with Crippen molar-refractivity contribution in [2.75, 3.05) is 0 Å². The van der Waals surface area contributed by atoms with Crippen molar-refractivity contribution in [1.29, 1.82) is 0 Å². The second kappa shape index (κ2) is 6.17. The summed E-state index contributed by atoms with van der Waals surface area (Å²) in [4.78, 5) is 0. The van der Waals surface area contributed by atoms with Crippen LogP contribution >= 0.6 is 0 Å². The molecule has 114 valence electrons. The molecule has 0 amide bonds. The van der Waals surface area contributed by atoms with E-state index in [1.807, 2.05) is 6.07 Å². The van der Waals surface area contributed by atoms with E-state index < -0.39 is 0 Å². The summed E-state index contributed by atoms with van der Waals surface area (Å²) in [5.41, 5.74) is 5.88. The van der Waals surface area contributed by atoms with E-state index in [-0.39, 0.29) is 0 Å². The van der Waals surface area contributed by atoms with Gasteiger partial charge in [-0.15, -0.1) is 0 Å². The monoisotopic (exact) mass is 306 g/mol. The molecule has 0 fully saturated rings. The third kappa shape index (κ3) is 2.63. The fourth-order valence-corrected chi connectivity index (χ4v) is 3.14. The van der Waals surface area contributed by atoms with Gasteiger partial charge in [0.1, 0.15) is 0 Å². The highest BCUT2D eigenvalue weighted by molar-refractivity contribution is 5.97. The van der Waals surface area contributed by atoms with Crippen LogP contribution in [0.2, 0.25) is 0 Å². The second-order valence-electron chi connectivity index (χ2n) is 5.95. The van der Waals surface area contributed by atoms with E-state index in [2.05, 4.69) is 97.6 Å². The van der Waals surface area contributed by atoms with Crippen LogP contribution in [0.25, 0.3) is 27.5 Å². The number of fused-ring (bicyclic) bond motifs is 1. The first kappa shape index (κ1) is 14.5. The molecule has 24 heavy (non-hydrogen) atoms. The molecular weight excluding hydrogens is 288 g/mol. The molecule has 0 saturated heterocycles. The quantitative estimate of drug-likeness (QED) is 0.401. The average Bonchev–Trinajstić information content (AvgIpc) is 2.68. The first-order chi connectivity index (χ1) is 11.8. The van der Waals surface area contributed by atoms with Crippen LogP contribution in [0.3, 0.4) is 0 Å². The molecule has 0 radical (unpaired) electrons. The molecule has 0 atom stereocenters. The summed E-state index contributed by atoms with van der Waals surface area (Å²) in [5.74, 6) is 0. The maximum Gasteiger partial charge on any atom is -0.0105 e. The molecule has 0 saturated carbocycles. The van der Waals surface area contributed by atoms with Crippen molar-refractivity contribution in [2.24, 2.45) is 0 Å². The van der Waals surface area contributed by atoms with Gasteiger partial charge in [-0.1, -0.05) is 104 Å². The summed E-state index contributed by atoms with van der Waals surface area (Å²) < 4.78 is 0. The number of rotatable bonds is 3. The molecule has 4 aromatic rings. The molecule has 4 rings (SSSR count). The molecule has 4 aromatic carbocycles. The zero-order chi connectivity index (χ0) is 16.4. The van der Waals surface area contributed by atoms with Crippen molar-refractivity contribution < 1.29 is 0 Å². The summed E-state index contributed by atoms with van der Waals surface area (Å²) >= 11 is 0. The lowest BCUT2D eigenvalue weighted by Crippen LogP contribution is -1.88. The van der Waals surface area contributed by atoms with Gasteiger partial charge in [-0.25, -0.2) is 0 Å². The molecular formula is C24H18. The molecule has 0 heteroatoms. The molecule has 0 heterocycles. The number of benzene rings is 4. The fraction of sp³-hybridized carbons (Fsp3) is 0. The first-order valence-corrected chi connectivity index (χ1v) is 8.16. The predicted molar refractivity (Wildman–Crippen MR) is 104 cm³/mol. The predicted octanol–water partition coefficient (Wildman–Crippen LogP) is 6.57. The van der Waals surface area contributed by atoms with Crippen LogP contribution in [0.5, 0.6) is 0 Å². The lowest BCUT2D eigenvalue weighted by atomic mass is 9.93. The lowest BCUT2D eigenvalue weighted by molar-refractivity contribution is 1.56. The smallest absolute Gasteiger partial charge is 0.0105 e. The van der Waals surface area contributed by atoms with Crippen molar-refractivity contribution in [1.82, 2.24) is 0 Å². The SMILES string of the molecule is C=C(c1ccc(-c2ccccc2)cc1)c1cccc2ccccc12. The Morgan fingerprint density at radius 3 is 1.96 bits per heavy atom. The Morgan fingerprint density at radius 1 is 0.542 bits per heavy atom. The maximum absolute atomic E-state index is 4.35. The highest BCUT2D eigenvalue weighted by Crippen LogP contribution is 2.30. The Bertz CT molecular complexity index is 988. The Kier molecular flexibility index (Phi) is 3.72. The summed E-state index contributed by atoms with van der Waals surface area (Å²) in [6.07, 6.45) is 0. The topological polar surface area (TPSA) is 0 Å². The van der Waals surface area contributed by atoms with E-state index in [1.54, 1.807) is 0 Å². The largest absolute Gasteiger partial charge is 0.0905 e. The molecule has 0 aliphatic carbocycles. The number of hydrogen-bond donors (Lipinski definition) is 0. The van der Waals surface area contributed by atoms with Gasteiger partial charge in [-0.3, -0.25) is 0 Å². The van der Waals surface area contributed by atoms with Gasteiger partial charge in [0.25, 0.3) is 0 Å². The molecule has 0 nitrogen and oxygen atoms in total. The molecule has 0 unspecified atom stereocenters. The summed E-state index contributed by atoms with van der Waals surface area (Å²) in [6.45, 7) is 4.35. The Hall–Kier alpha value is -3.12. The second-order valence-corrected chi connectivity index (χ2v) is 5.95. The third-order valence-corrected chi connectivity index (χ3v) is 4.46. The highest BCUT2D eigenvalue weighted by atomic mass is 14.1. The lowest BCUT2D eigenvalue weighted by Gasteiger charge is -2.11.